The Kier molecular flexibility index (Phi) is 66.2. The second-order valence-corrected chi connectivity index (χ2v) is 23.2. The van der Waals surface area contributed by atoms with Crippen LogP contribution >= 0.6 is 0 Å². The van der Waals surface area contributed by atoms with Crippen LogP contribution in [0.5, 0.6) is 0 Å². The molecule has 4 nitrogen and oxygen atoms in total. The molecule has 0 spiro atoms. The van der Waals surface area contributed by atoms with Gasteiger partial charge >= 0.3 is 0 Å². The molecule has 0 saturated heterocycles. The number of hydrogen-bond donors (Lipinski definition) is 3. The summed E-state index contributed by atoms with van der Waals surface area (Å²) in [4.78, 5) is 12.5. The fourth-order valence-corrected chi connectivity index (χ4v) is 10.4. The number of hydrogen-bond acceptors (Lipinski definition) is 3. The van der Waals surface area contributed by atoms with Crippen molar-refractivity contribution in [2.75, 3.05) is 6.61 Å². The fraction of sp³-hybridized carbons (Fsp3) is 0.770. The molecular formula is C74H133NO3. The highest BCUT2D eigenvalue weighted by atomic mass is 16.3. The van der Waals surface area contributed by atoms with Crippen LogP contribution in [0.4, 0.5) is 0 Å². The molecule has 1 amide bonds. The summed E-state index contributed by atoms with van der Waals surface area (Å²) in [7, 11) is 0. The zero-order valence-electron chi connectivity index (χ0n) is 52.2. The van der Waals surface area contributed by atoms with Gasteiger partial charge in [0.25, 0.3) is 0 Å². The van der Waals surface area contributed by atoms with Crippen LogP contribution in [0.2, 0.25) is 0 Å². The molecular weight excluding hydrogens is 951 g/mol. The van der Waals surface area contributed by atoms with Crippen molar-refractivity contribution in [3.05, 3.63) is 97.2 Å². The van der Waals surface area contributed by atoms with E-state index < -0.39 is 12.1 Å². The van der Waals surface area contributed by atoms with Crippen molar-refractivity contribution in [3.63, 3.8) is 0 Å². The topological polar surface area (TPSA) is 69.6 Å². The van der Waals surface area contributed by atoms with Crippen molar-refractivity contribution in [2.24, 2.45) is 0 Å². The molecule has 78 heavy (non-hydrogen) atoms. The third kappa shape index (κ3) is 64.1. The summed E-state index contributed by atoms with van der Waals surface area (Å²) < 4.78 is 0. The monoisotopic (exact) mass is 1080 g/mol. The fourth-order valence-electron chi connectivity index (χ4n) is 10.4. The lowest BCUT2D eigenvalue weighted by molar-refractivity contribution is -0.123. The summed E-state index contributed by atoms with van der Waals surface area (Å²) in [5.74, 6) is -0.0601. The molecule has 0 fully saturated rings. The molecule has 2 unspecified atom stereocenters. The summed E-state index contributed by atoms with van der Waals surface area (Å²) in [6.07, 6.45) is 102. The smallest absolute Gasteiger partial charge is 0.220 e. The first-order chi connectivity index (χ1) is 38.7. The third-order valence-electron chi connectivity index (χ3n) is 15.6. The number of unbranched alkanes of at least 4 members (excludes halogenated alkanes) is 42. The van der Waals surface area contributed by atoms with Crippen LogP contribution in [0, 0.1) is 0 Å². The lowest BCUT2D eigenvalue weighted by atomic mass is 10.0. The molecule has 0 aliphatic rings. The first kappa shape index (κ1) is 75.3. The highest BCUT2D eigenvalue weighted by molar-refractivity contribution is 5.76. The molecule has 4 heteroatoms. The summed E-state index contributed by atoms with van der Waals surface area (Å²) in [6, 6.07) is -0.626. The molecule has 0 heterocycles. The molecule has 0 aromatic heterocycles. The Bertz CT molecular complexity index is 1420. The average molecular weight is 1080 g/mol. The second-order valence-electron chi connectivity index (χ2n) is 23.2. The van der Waals surface area contributed by atoms with Crippen LogP contribution in [0.25, 0.3) is 0 Å². The molecule has 0 aromatic carbocycles. The zero-order valence-corrected chi connectivity index (χ0v) is 52.2. The van der Waals surface area contributed by atoms with Crippen LogP contribution < -0.4 is 5.32 Å². The SMILES string of the molecule is CC/C=C\C/C=C\C/C=C\C/C=C\C/C=C\C/C=C\C/C=C\CCCCCCCCCCCCCCCCCCCCCC(=O)NC(CO)C(O)/C=C/CCCCCCCCCCCCCCCCCCCCCCCCC. The number of amides is 1. The van der Waals surface area contributed by atoms with Crippen LogP contribution in [0.3, 0.4) is 0 Å². The lowest BCUT2D eigenvalue weighted by Gasteiger charge is -2.20. The minimum Gasteiger partial charge on any atom is -0.394 e. The first-order valence-corrected chi connectivity index (χ1v) is 34.5. The van der Waals surface area contributed by atoms with Gasteiger partial charge in [0.1, 0.15) is 0 Å². The third-order valence-corrected chi connectivity index (χ3v) is 15.6. The number of nitrogens with one attached hydrogen (secondary N) is 1. The van der Waals surface area contributed by atoms with E-state index in [0.717, 1.165) is 70.6 Å². The van der Waals surface area contributed by atoms with E-state index >= 15 is 0 Å². The molecule has 0 bridgehead atoms. The van der Waals surface area contributed by atoms with Crippen molar-refractivity contribution < 1.29 is 15.0 Å². The van der Waals surface area contributed by atoms with Gasteiger partial charge in [-0.05, 0) is 77.0 Å². The van der Waals surface area contributed by atoms with Gasteiger partial charge in [0.05, 0.1) is 18.8 Å². The maximum absolute atomic E-state index is 12.5. The molecule has 0 saturated carbocycles. The van der Waals surface area contributed by atoms with Crippen LogP contribution in [-0.4, -0.2) is 34.9 Å². The van der Waals surface area contributed by atoms with E-state index in [0.29, 0.717) is 6.42 Å². The van der Waals surface area contributed by atoms with Gasteiger partial charge in [-0.2, -0.15) is 0 Å². The number of carbonyl (C=O) groups excluding carboxylic acids is 1. The van der Waals surface area contributed by atoms with E-state index in [1.807, 2.05) is 6.08 Å². The Hall–Kier alpha value is -2.69. The number of carbonyl (C=O) groups is 1. The highest BCUT2D eigenvalue weighted by Gasteiger charge is 2.18. The van der Waals surface area contributed by atoms with E-state index in [4.69, 9.17) is 0 Å². The summed E-state index contributed by atoms with van der Waals surface area (Å²) in [5, 5.41) is 23.3. The standard InChI is InChI=1S/C74H133NO3/c1-3-5-7-9-11-13-15-17-19-21-23-25-27-29-30-31-32-33-34-35-36-37-38-39-40-41-42-43-44-46-48-50-52-54-56-58-60-62-64-66-68-70-74(78)75-72(71-76)73(77)69-67-65-63-61-59-57-55-53-51-49-47-45-28-26-24-22-20-18-16-14-12-10-8-6-4-2/h5,7,11,13,17,19,23,25,29-30,32-33,35-36,67,69,72-73,76-77H,3-4,6,8-10,12,14-16,18,20-22,24,26-28,31,34,37-66,68,70-71H2,1-2H3,(H,75,78)/b7-5-,13-11-,19-17-,25-23-,30-29-,33-32-,36-35-,69-67+. The quantitative estimate of drug-likeness (QED) is 0.0420. The summed E-state index contributed by atoms with van der Waals surface area (Å²) in [5.41, 5.74) is 0. The van der Waals surface area contributed by atoms with Crippen LogP contribution in [0.1, 0.15) is 348 Å². The Morgan fingerprint density at radius 1 is 0.321 bits per heavy atom. The minimum atomic E-state index is -0.843. The van der Waals surface area contributed by atoms with Gasteiger partial charge < -0.3 is 15.5 Å². The van der Waals surface area contributed by atoms with Gasteiger partial charge in [-0.15, -0.1) is 0 Å². The molecule has 0 aromatic rings. The Labute approximate surface area is 487 Å². The highest BCUT2D eigenvalue weighted by Crippen LogP contribution is 2.18. The summed E-state index contributed by atoms with van der Waals surface area (Å²) in [6.45, 7) is 4.22. The van der Waals surface area contributed by atoms with Gasteiger partial charge in [-0.25, -0.2) is 0 Å². The van der Waals surface area contributed by atoms with Crippen molar-refractivity contribution in [1.82, 2.24) is 5.32 Å². The maximum atomic E-state index is 12.5. The summed E-state index contributed by atoms with van der Waals surface area (Å²) >= 11 is 0. The number of aliphatic hydroxyl groups is 2. The van der Waals surface area contributed by atoms with Crippen molar-refractivity contribution >= 4 is 5.91 Å². The van der Waals surface area contributed by atoms with Crippen molar-refractivity contribution in [2.45, 2.75) is 360 Å². The lowest BCUT2D eigenvalue weighted by Crippen LogP contribution is -2.45. The minimum absolute atomic E-state index is 0.0601. The van der Waals surface area contributed by atoms with Crippen LogP contribution in [0.15, 0.2) is 97.2 Å². The van der Waals surface area contributed by atoms with E-state index in [1.165, 1.54) is 257 Å². The maximum Gasteiger partial charge on any atom is 0.220 e. The first-order valence-electron chi connectivity index (χ1n) is 34.5. The average Bonchev–Trinajstić information content (AvgIpc) is 3.44. The largest absolute Gasteiger partial charge is 0.394 e. The van der Waals surface area contributed by atoms with Gasteiger partial charge in [0, 0.05) is 6.42 Å². The number of aliphatic hydroxyl groups excluding tert-OH is 2. The van der Waals surface area contributed by atoms with Crippen molar-refractivity contribution in [3.8, 4) is 0 Å². The predicted octanol–water partition coefficient (Wildman–Crippen LogP) is 23.6. The number of allylic oxidation sites excluding steroid dienone is 15. The normalized spacial score (nSPS) is 13.3. The van der Waals surface area contributed by atoms with Gasteiger partial charge in [0.15, 0.2) is 0 Å². The number of rotatable bonds is 63. The molecule has 0 aliphatic heterocycles. The Morgan fingerprint density at radius 3 is 0.846 bits per heavy atom. The van der Waals surface area contributed by atoms with Crippen molar-refractivity contribution in [1.29, 1.82) is 0 Å². The molecule has 0 radical (unpaired) electrons. The van der Waals surface area contributed by atoms with E-state index in [9.17, 15) is 15.0 Å². The Morgan fingerprint density at radius 2 is 0.564 bits per heavy atom. The zero-order chi connectivity index (χ0) is 56.2. The van der Waals surface area contributed by atoms with Gasteiger partial charge in [0.2, 0.25) is 5.91 Å². The predicted molar refractivity (Wildman–Crippen MR) is 350 cm³/mol. The van der Waals surface area contributed by atoms with E-state index in [1.54, 1.807) is 6.08 Å². The molecule has 452 valence electrons. The molecule has 2 atom stereocenters. The van der Waals surface area contributed by atoms with Gasteiger partial charge in [-0.3, -0.25) is 4.79 Å². The van der Waals surface area contributed by atoms with E-state index in [2.05, 4.69) is 104 Å². The molecule has 0 aliphatic carbocycles. The molecule has 0 rings (SSSR count). The van der Waals surface area contributed by atoms with E-state index in [-0.39, 0.29) is 12.5 Å². The second kappa shape index (κ2) is 68.6. The molecule has 3 N–H and O–H groups in total. The van der Waals surface area contributed by atoms with Crippen LogP contribution in [-0.2, 0) is 4.79 Å². The Balaban J connectivity index is 3.47. The van der Waals surface area contributed by atoms with Gasteiger partial charge in [-0.1, -0.05) is 361 Å².